The van der Waals surface area contributed by atoms with Crippen molar-refractivity contribution in [3.63, 3.8) is 0 Å². The molecule has 5 heteroatoms. The molecule has 0 N–H and O–H groups in total. The van der Waals surface area contributed by atoms with Crippen LogP contribution in [0.5, 0.6) is 5.75 Å². The Bertz CT molecular complexity index is 672. The molecule has 0 aliphatic heterocycles. The molecule has 2 aromatic rings. The standard InChI is InChI=1S/C15H16O5/c1-3-19-14(16)7-4-10-9-20-13-8-11(18-2)5-6-12(13)15(10)17/h5-6,8-9H,3-4,7H2,1-2H3. The van der Waals surface area contributed by atoms with Gasteiger partial charge in [0.1, 0.15) is 11.3 Å². The minimum Gasteiger partial charge on any atom is -0.497 e. The van der Waals surface area contributed by atoms with E-state index in [0.717, 1.165) is 0 Å². The van der Waals surface area contributed by atoms with Gasteiger partial charge in [0.15, 0.2) is 5.43 Å². The lowest BCUT2D eigenvalue weighted by molar-refractivity contribution is -0.143. The molecule has 0 saturated carbocycles. The summed E-state index contributed by atoms with van der Waals surface area (Å²) in [7, 11) is 1.55. The van der Waals surface area contributed by atoms with Gasteiger partial charge >= 0.3 is 5.97 Å². The molecule has 5 nitrogen and oxygen atoms in total. The smallest absolute Gasteiger partial charge is 0.306 e. The van der Waals surface area contributed by atoms with Crippen LogP contribution in [-0.4, -0.2) is 19.7 Å². The lowest BCUT2D eigenvalue weighted by Crippen LogP contribution is -2.12. The van der Waals surface area contributed by atoms with Gasteiger partial charge in [0.25, 0.3) is 0 Å². The fraction of sp³-hybridized carbons (Fsp3) is 0.333. The molecular formula is C15H16O5. The van der Waals surface area contributed by atoms with Crippen LogP contribution >= 0.6 is 0 Å². The molecule has 1 aromatic carbocycles. The largest absolute Gasteiger partial charge is 0.497 e. The zero-order chi connectivity index (χ0) is 14.5. The minimum absolute atomic E-state index is 0.127. The van der Waals surface area contributed by atoms with Gasteiger partial charge in [0.2, 0.25) is 0 Å². The molecule has 0 fully saturated rings. The number of esters is 1. The maximum atomic E-state index is 12.2. The SMILES string of the molecule is CCOC(=O)CCc1coc2cc(OC)ccc2c1=O. The highest BCUT2D eigenvalue weighted by molar-refractivity contribution is 5.78. The van der Waals surface area contributed by atoms with Gasteiger partial charge in [-0.2, -0.15) is 0 Å². The third kappa shape index (κ3) is 2.99. The summed E-state index contributed by atoms with van der Waals surface area (Å²) in [4.78, 5) is 23.5. The van der Waals surface area contributed by atoms with Crippen molar-refractivity contribution in [3.05, 3.63) is 40.2 Å². The Hall–Kier alpha value is -2.30. The number of methoxy groups -OCH3 is 1. The highest BCUT2D eigenvalue weighted by Crippen LogP contribution is 2.19. The summed E-state index contributed by atoms with van der Waals surface area (Å²) in [5.74, 6) is 0.307. The molecule has 1 aromatic heterocycles. The lowest BCUT2D eigenvalue weighted by Gasteiger charge is -2.04. The van der Waals surface area contributed by atoms with E-state index in [9.17, 15) is 9.59 Å². The molecule has 20 heavy (non-hydrogen) atoms. The third-order valence-corrected chi connectivity index (χ3v) is 2.96. The predicted molar refractivity (Wildman–Crippen MR) is 74.0 cm³/mol. The summed E-state index contributed by atoms with van der Waals surface area (Å²) in [6.07, 6.45) is 1.87. The van der Waals surface area contributed by atoms with Crippen LogP contribution in [0, 0.1) is 0 Å². The van der Waals surface area contributed by atoms with Crippen LogP contribution in [0.1, 0.15) is 18.9 Å². The van der Waals surface area contributed by atoms with Crippen molar-refractivity contribution < 1.29 is 18.7 Å². The van der Waals surface area contributed by atoms with Crippen molar-refractivity contribution in [2.75, 3.05) is 13.7 Å². The van der Waals surface area contributed by atoms with Crippen LogP contribution < -0.4 is 10.2 Å². The van der Waals surface area contributed by atoms with Crippen LogP contribution in [0.2, 0.25) is 0 Å². The van der Waals surface area contributed by atoms with Gasteiger partial charge in [-0.05, 0) is 25.5 Å². The van der Waals surface area contributed by atoms with Gasteiger partial charge in [0, 0.05) is 18.1 Å². The number of carbonyl (C=O) groups excluding carboxylic acids is 1. The number of hydrogen-bond acceptors (Lipinski definition) is 5. The number of rotatable bonds is 5. The Morgan fingerprint density at radius 3 is 2.85 bits per heavy atom. The van der Waals surface area contributed by atoms with Gasteiger partial charge in [-0.1, -0.05) is 0 Å². The maximum Gasteiger partial charge on any atom is 0.306 e. The van der Waals surface area contributed by atoms with E-state index in [2.05, 4.69) is 0 Å². The van der Waals surface area contributed by atoms with Crippen LogP contribution in [-0.2, 0) is 16.0 Å². The lowest BCUT2D eigenvalue weighted by atomic mass is 10.1. The Morgan fingerprint density at radius 2 is 2.15 bits per heavy atom. The summed E-state index contributed by atoms with van der Waals surface area (Å²) in [6.45, 7) is 2.08. The Morgan fingerprint density at radius 1 is 1.35 bits per heavy atom. The second-order valence-electron chi connectivity index (χ2n) is 4.26. The van der Waals surface area contributed by atoms with Crippen LogP contribution in [0.3, 0.4) is 0 Å². The average Bonchev–Trinajstić information content (AvgIpc) is 2.46. The van der Waals surface area contributed by atoms with Crippen molar-refractivity contribution in [3.8, 4) is 5.75 Å². The van der Waals surface area contributed by atoms with Crippen LogP contribution in [0.25, 0.3) is 11.0 Å². The molecule has 2 rings (SSSR count). The molecule has 106 valence electrons. The molecule has 1 heterocycles. The molecular weight excluding hydrogens is 260 g/mol. The Balaban J connectivity index is 2.26. The first-order chi connectivity index (χ1) is 9.65. The van der Waals surface area contributed by atoms with Gasteiger partial charge in [0.05, 0.1) is 25.4 Å². The molecule has 0 radical (unpaired) electrons. The van der Waals surface area contributed by atoms with Crippen molar-refractivity contribution >= 4 is 16.9 Å². The average molecular weight is 276 g/mol. The zero-order valence-corrected chi connectivity index (χ0v) is 11.5. The van der Waals surface area contributed by atoms with Gasteiger partial charge in [-0.15, -0.1) is 0 Å². The second-order valence-corrected chi connectivity index (χ2v) is 4.26. The summed E-state index contributed by atoms with van der Waals surface area (Å²) in [6, 6.07) is 5.02. The molecule has 0 saturated heterocycles. The zero-order valence-electron chi connectivity index (χ0n) is 11.5. The maximum absolute atomic E-state index is 12.2. The summed E-state index contributed by atoms with van der Waals surface area (Å²) < 4.78 is 15.3. The summed E-state index contributed by atoms with van der Waals surface area (Å²) in [5, 5.41) is 0.479. The van der Waals surface area contributed by atoms with E-state index in [1.54, 1.807) is 32.2 Å². The topological polar surface area (TPSA) is 65.7 Å². The summed E-state index contributed by atoms with van der Waals surface area (Å²) >= 11 is 0. The monoisotopic (exact) mass is 276 g/mol. The third-order valence-electron chi connectivity index (χ3n) is 2.96. The van der Waals surface area contributed by atoms with Crippen molar-refractivity contribution in [1.29, 1.82) is 0 Å². The van der Waals surface area contributed by atoms with Crippen molar-refractivity contribution in [2.45, 2.75) is 19.8 Å². The first-order valence-corrected chi connectivity index (χ1v) is 6.39. The molecule has 0 aliphatic carbocycles. The van der Waals surface area contributed by atoms with Crippen molar-refractivity contribution in [1.82, 2.24) is 0 Å². The fourth-order valence-electron chi connectivity index (χ4n) is 1.92. The van der Waals surface area contributed by atoms with E-state index in [0.29, 0.717) is 35.3 Å². The normalized spacial score (nSPS) is 10.5. The number of carbonyl (C=O) groups is 1. The van der Waals surface area contributed by atoms with E-state index in [-0.39, 0.29) is 17.8 Å². The predicted octanol–water partition coefficient (Wildman–Crippen LogP) is 2.30. The van der Waals surface area contributed by atoms with E-state index in [1.807, 2.05) is 0 Å². The van der Waals surface area contributed by atoms with Crippen LogP contribution in [0.4, 0.5) is 0 Å². The van der Waals surface area contributed by atoms with Crippen LogP contribution in [0.15, 0.2) is 33.7 Å². The van der Waals surface area contributed by atoms with Gasteiger partial charge in [-0.3, -0.25) is 9.59 Å². The number of aryl methyl sites for hydroxylation is 1. The number of fused-ring (bicyclic) bond motifs is 1. The summed E-state index contributed by atoms with van der Waals surface area (Å²) in [5.41, 5.74) is 0.808. The van der Waals surface area contributed by atoms with E-state index >= 15 is 0 Å². The minimum atomic E-state index is -0.318. The molecule has 0 atom stereocenters. The highest BCUT2D eigenvalue weighted by Gasteiger charge is 2.10. The van der Waals surface area contributed by atoms with E-state index in [1.165, 1.54) is 6.26 Å². The first kappa shape index (κ1) is 14.1. The molecule has 0 bridgehead atoms. The molecule has 0 unspecified atom stereocenters. The number of hydrogen-bond donors (Lipinski definition) is 0. The highest BCUT2D eigenvalue weighted by atomic mass is 16.5. The first-order valence-electron chi connectivity index (χ1n) is 6.39. The van der Waals surface area contributed by atoms with E-state index in [4.69, 9.17) is 13.9 Å². The second kappa shape index (κ2) is 6.23. The molecule has 0 aliphatic rings. The van der Waals surface area contributed by atoms with Gasteiger partial charge < -0.3 is 13.9 Å². The Kier molecular flexibility index (Phi) is 4.40. The van der Waals surface area contributed by atoms with Gasteiger partial charge in [-0.25, -0.2) is 0 Å². The molecule has 0 spiro atoms. The van der Waals surface area contributed by atoms with Crippen molar-refractivity contribution in [2.24, 2.45) is 0 Å². The molecule has 0 amide bonds. The Labute approximate surface area is 116 Å². The number of ether oxygens (including phenoxy) is 2. The van der Waals surface area contributed by atoms with E-state index < -0.39 is 0 Å². The fourth-order valence-corrected chi connectivity index (χ4v) is 1.92. The quantitative estimate of drug-likeness (QED) is 0.784. The number of benzene rings is 1.